The number of nitrogens with one attached hydrogen (secondary N) is 1. The molecule has 0 spiro atoms. The smallest absolute Gasteiger partial charge is 0.335 e. The van der Waals surface area contributed by atoms with E-state index in [1.807, 2.05) is 13.0 Å². The van der Waals surface area contributed by atoms with Crippen molar-refractivity contribution >= 4 is 45.5 Å². The zero-order valence-corrected chi connectivity index (χ0v) is 21.3. The molecule has 3 aromatic carbocycles. The second-order valence-electron chi connectivity index (χ2n) is 8.20. The highest BCUT2D eigenvalue weighted by Crippen LogP contribution is 2.38. The number of benzene rings is 3. The van der Waals surface area contributed by atoms with Gasteiger partial charge in [0.25, 0.3) is 11.8 Å². The summed E-state index contributed by atoms with van der Waals surface area (Å²) in [6.45, 7) is 3.86. The molecule has 36 heavy (non-hydrogen) atoms. The molecular formula is C27H22BrFN2O5. The Kier molecular flexibility index (Phi) is 7.21. The number of ether oxygens (including phenoxy) is 2. The standard InChI is InChI=1S/C27H22BrFN2O5/c1-15-4-9-22(16(2)10-15)31-26(33)20(25(32)30-27(31)34)11-18-12-21(28)24(23(13-18)35-3)36-14-17-5-7-19(29)8-6-17/h4-13H,14H2,1-3H3,(H,30,32,34)/b20-11+. The quantitative estimate of drug-likeness (QED) is 0.324. The number of methoxy groups -OCH3 is 1. The Hall–Kier alpha value is -3.98. The second kappa shape index (κ2) is 10.3. The number of rotatable bonds is 6. The molecule has 1 aliphatic heterocycles. The maximum absolute atomic E-state index is 13.3. The van der Waals surface area contributed by atoms with Crippen LogP contribution in [0, 0.1) is 19.7 Å². The summed E-state index contributed by atoms with van der Waals surface area (Å²) in [4.78, 5) is 39.3. The van der Waals surface area contributed by atoms with Crippen LogP contribution in [0.15, 0.2) is 64.6 Å². The molecule has 3 aromatic rings. The summed E-state index contributed by atoms with van der Waals surface area (Å²) in [6.07, 6.45) is 1.39. The van der Waals surface area contributed by atoms with Crippen molar-refractivity contribution in [1.29, 1.82) is 0 Å². The maximum atomic E-state index is 13.3. The van der Waals surface area contributed by atoms with Crippen molar-refractivity contribution in [2.45, 2.75) is 20.5 Å². The predicted octanol–water partition coefficient (Wildman–Crippen LogP) is 5.46. The molecule has 0 aromatic heterocycles. The van der Waals surface area contributed by atoms with Crippen molar-refractivity contribution in [2.24, 2.45) is 0 Å². The van der Waals surface area contributed by atoms with Gasteiger partial charge in [0.2, 0.25) is 0 Å². The third kappa shape index (κ3) is 5.16. The van der Waals surface area contributed by atoms with Crippen molar-refractivity contribution in [3.63, 3.8) is 0 Å². The Labute approximate surface area is 215 Å². The van der Waals surface area contributed by atoms with Crippen LogP contribution < -0.4 is 19.7 Å². The molecule has 0 saturated carbocycles. The minimum absolute atomic E-state index is 0.170. The van der Waals surface area contributed by atoms with Gasteiger partial charge in [0.05, 0.1) is 17.3 Å². The monoisotopic (exact) mass is 552 g/mol. The molecule has 7 nitrogen and oxygen atoms in total. The molecule has 4 rings (SSSR count). The lowest BCUT2D eigenvalue weighted by Gasteiger charge is -2.27. The number of halogens is 2. The Balaban J connectivity index is 1.65. The lowest BCUT2D eigenvalue weighted by molar-refractivity contribution is -0.122. The van der Waals surface area contributed by atoms with Gasteiger partial charge in [-0.25, -0.2) is 14.1 Å². The number of urea groups is 1. The molecule has 0 radical (unpaired) electrons. The van der Waals surface area contributed by atoms with E-state index in [0.29, 0.717) is 27.2 Å². The number of imide groups is 2. The summed E-state index contributed by atoms with van der Waals surface area (Å²) < 4.78 is 25.0. The molecule has 1 fully saturated rings. The molecule has 0 bridgehead atoms. The summed E-state index contributed by atoms with van der Waals surface area (Å²) in [6, 6.07) is 13.7. The van der Waals surface area contributed by atoms with Crippen molar-refractivity contribution in [2.75, 3.05) is 12.0 Å². The molecule has 184 valence electrons. The molecule has 1 heterocycles. The van der Waals surface area contributed by atoms with Crippen LogP contribution in [0.25, 0.3) is 6.08 Å². The first kappa shape index (κ1) is 25.1. The van der Waals surface area contributed by atoms with Gasteiger partial charge in [-0.15, -0.1) is 0 Å². The number of hydrogen-bond acceptors (Lipinski definition) is 5. The minimum atomic E-state index is -0.808. The van der Waals surface area contributed by atoms with Crippen LogP contribution in [-0.2, 0) is 16.2 Å². The SMILES string of the molecule is COc1cc(/C=C2\C(=O)NC(=O)N(c3ccc(C)cc3C)C2=O)cc(Br)c1OCc1ccc(F)cc1. The Morgan fingerprint density at radius 3 is 2.42 bits per heavy atom. The Morgan fingerprint density at radius 1 is 1.03 bits per heavy atom. The van der Waals surface area contributed by atoms with E-state index in [-0.39, 0.29) is 18.0 Å². The number of barbiturate groups is 1. The molecule has 1 N–H and O–H groups in total. The van der Waals surface area contributed by atoms with E-state index >= 15 is 0 Å². The van der Waals surface area contributed by atoms with E-state index < -0.39 is 17.8 Å². The fraction of sp³-hybridized carbons (Fsp3) is 0.148. The molecule has 9 heteroatoms. The molecule has 4 amide bonds. The second-order valence-corrected chi connectivity index (χ2v) is 9.05. The van der Waals surface area contributed by atoms with Gasteiger partial charge < -0.3 is 9.47 Å². The third-order valence-corrected chi connectivity index (χ3v) is 6.14. The van der Waals surface area contributed by atoms with Gasteiger partial charge in [-0.05, 0) is 82.9 Å². The third-order valence-electron chi connectivity index (χ3n) is 5.55. The van der Waals surface area contributed by atoms with Crippen LogP contribution in [0.5, 0.6) is 11.5 Å². The van der Waals surface area contributed by atoms with Crippen LogP contribution in [0.2, 0.25) is 0 Å². The van der Waals surface area contributed by atoms with Gasteiger partial charge in [0.15, 0.2) is 11.5 Å². The highest BCUT2D eigenvalue weighted by Gasteiger charge is 2.37. The van der Waals surface area contributed by atoms with Gasteiger partial charge in [-0.1, -0.05) is 29.8 Å². The highest BCUT2D eigenvalue weighted by atomic mass is 79.9. The lowest BCUT2D eigenvalue weighted by atomic mass is 10.0. The normalized spacial score (nSPS) is 14.8. The first-order valence-corrected chi connectivity index (χ1v) is 11.7. The molecule has 0 aliphatic carbocycles. The lowest BCUT2D eigenvalue weighted by Crippen LogP contribution is -2.54. The topological polar surface area (TPSA) is 84.9 Å². The molecule has 0 atom stereocenters. The fourth-order valence-electron chi connectivity index (χ4n) is 3.80. The van der Waals surface area contributed by atoms with Crippen LogP contribution in [0.1, 0.15) is 22.3 Å². The van der Waals surface area contributed by atoms with E-state index in [9.17, 15) is 18.8 Å². The Morgan fingerprint density at radius 2 is 1.75 bits per heavy atom. The number of anilines is 1. The maximum Gasteiger partial charge on any atom is 0.335 e. The van der Waals surface area contributed by atoms with Crippen LogP contribution in [0.3, 0.4) is 0 Å². The van der Waals surface area contributed by atoms with E-state index in [1.54, 1.807) is 43.3 Å². The summed E-state index contributed by atoms with van der Waals surface area (Å²) in [5, 5.41) is 2.23. The van der Waals surface area contributed by atoms with Crippen molar-refractivity contribution < 1.29 is 28.2 Å². The number of aryl methyl sites for hydroxylation is 2. The fourth-order valence-corrected chi connectivity index (χ4v) is 4.37. The van der Waals surface area contributed by atoms with Gasteiger partial charge in [-0.3, -0.25) is 14.9 Å². The van der Waals surface area contributed by atoms with E-state index in [4.69, 9.17) is 9.47 Å². The highest BCUT2D eigenvalue weighted by molar-refractivity contribution is 9.10. The van der Waals surface area contributed by atoms with E-state index in [2.05, 4.69) is 21.2 Å². The molecule has 0 unspecified atom stereocenters. The molecule has 1 aliphatic rings. The number of carbonyl (C=O) groups is 3. The van der Waals surface area contributed by atoms with Gasteiger partial charge >= 0.3 is 6.03 Å². The van der Waals surface area contributed by atoms with Gasteiger partial charge in [-0.2, -0.15) is 0 Å². The summed E-state index contributed by atoms with van der Waals surface area (Å²) in [7, 11) is 1.46. The average Bonchev–Trinajstić information content (AvgIpc) is 2.83. The zero-order valence-electron chi connectivity index (χ0n) is 19.7. The average molecular weight is 553 g/mol. The molecule has 1 saturated heterocycles. The first-order valence-electron chi connectivity index (χ1n) is 10.9. The minimum Gasteiger partial charge on any atom is -0.493 e. The number of hydrogen-bond donors (Lipinski definition) is 1. The van der Waals surface area contributed by atoms with Crippen LogP contribution >= 0.6 is 15.9 Å². The summed E-state index contributed by atoms with van der Waals surface area (Å²) in [5.41, 5.74) is 3.12. The number of nitrogens with zero attached hydrogens (tertiary/aromatic N) is 1. The van der Waals surface area contributed by atoms with Crippen molar-refractivity contribution in [1.82, 2.24) is 5.32 Å². The van der Waals surface area contributed by atoms with Crippen molar-refractivity contribution in [3.05, 3.63) is 92.7 Å². The first-order chi connectivity index (χ1) is 17.2. The largest absolute Gasteiger partial charge is 0.493 e. The number of amides is 4. The van der Waals surface area contributed by atoms with Crippen LogP contribution in [-0.4, -0.2) is 25.0 Å². The van der Waals surface area contributed by atoms with E-state index in [0.717, 1.165) is 21.6 Å². The van der Waals surface area contributed by atoms with Crippen LogP contribution in [0.4, 0.5) is 14.9 Å². The predicted molar refractivity (Wildman–Crippen MR) is 136 cm³/mol. The van der Waals surface area contributed by atoms with Gasteiger partial charge in [0, 0.05) is 0 Å². The van der Waals surface area contributed by atoms with Crippen molar-refractivity contribution in [3.8, 4) is 11.5 Å². The van der Waals surface area contributed by atoms with Gasteiger partial charge in [0.1, 0.15) is 18.0 Å². The summed E-state index contributed by atoms with van der Waals surface area (Å²) in [5.74, 6) is -1.12. The zero-order chi connectivity index (χ0) is 26.0. The Bertz CT molecular complexity index is 1400. The molecular weight excluding hydrogens is 531 g/mol. The van der Waals surface area contributed by atoms with E-state index in [1.165, 1.54) is 25.3 Å². The number of carbonyl (C=O) groups excluding carboxylic acids is 3. The summed E-state index contributed by atoms with van der Waals surface area (Å²) >= 11 is 3.45.